The predicted octanol–water partition coefficient (Wildman–Crippen LogP) is 4.18. The molecule has 0 saturated carbocycles. The zero-order valence-electron chi connectivity index (χ0n) is 11.4. The quantitative estimate of drug-likeness (QED) is 0.794. The van der Waals surface area contributed by atoms with Crippen molar-refractivity contribution in [3.63, 3.8) is 0 Å². The van der Waals surface area contributed by atoms with Crippen molar-refractivity contribution in [3.05, 3.63) is 57.1 Å². The number of hydrogen-bond donors (Lipinski definition) is 2. The summed E-state index contributed by atoms with van der Waals surface area (Å²) in [6, 6.07) is 5.40. The normalized spacial score (nSPS) is 10.5. The lowest BCUT2D eigenvalue weighted by Gasteiger charge is -2.11. The number of halogens is 3. The lowest BCUT2D eigenvalue weighted by Crippen LogP contribution is -2.16. The van der Waals surface area contributed by atoms with E-state index in [2.05, 4.69) is 21.2 Å². The summed E-state index contributed by atoms with van der Waals surface area (Å²) in [6.45, 7) is 3.55. The number of nitrogen functional groups attached to an aromatic ring is 1. The van der Waals surface area contributed by atoms with Crippen LogP contribution in [0.3, 0.4) is 0 Å². The highest BCUT2D eigenvalue weighted by atomic mass is 79.9. The molecule has 0 aliphatic carbocycles. The van der Waals surface area contributed by atoms with Crippen molar-refractivity contribution in [2.45, 2.75) is 13.8 Å². The second kappa shape index (κ2) is 5.81. The molecule has 0 aliphatic heterocycles. The van der Waals surface area contributed by atoms with Crippen molar-refractivity contribution in [3.8, 4) is 0 Å². The van der Waals surface area contributed by atoms with Crippen molar-refractivity contribution in [2.75, 3.05) is 11.1 Å². The molecule has 0 saturated heterocycles. The van der Waals surface area contributed by atoms with Crippen LogP contribution in [-0.2, 0) is 0 Å². The molecule has 0 aliphatic rings. The number of nitrogens with two attached hydrogens (primary N) is 1. The van der Waals surface area contributed by atoms with Gasteiger partial charge >= 0.3 is 0 Å². The number of aryl methyl sites for hydroxylation is 2. The van der Waals surface area contributed by atoms with Gasteiger partial charge in [0.05, 0.1) is 0 Å². The highest BCUT2D eigenvalue weighted by Gasteiger charge is 2.17. The van der Waals surface area contributed by atoms with Gasteiger partial charge in [-0.05, 0) is 43.2 Å². The minimum Gasteiger partial charge on any atom is -0.398 e. The maximum absolute atomic E-state index is 13.7. The van der Waals surface area contributed by atoms with Gasteiger partial charge in [-0.2, -0.15) is 0 Å². The highest BCUT2D eigenvalue weighted by molar-refractivity contribution is 9.10. The zero-order valence-corrected chi connectivity index (χ0v) is 13.0. The molecule has 2 rings (SSSR count). The largest absolute Gasteiger partial charge is 0.398 e. The Bertz CT molecular complexity index is 709. The van der Waals surface area contributed by atoms with Crippen LogP contribution in [0.25, 0.3) is 0 Å². The van der Waals surface area contributed by atoms with Gasteiger partial charge in [0.25, 0.3) is 5.91 Å². The molecule has 21 heavy (non-hydrogen) atoms. The topological polar surface area (TPSA) is 55.1 Å². The minimum atomic E-state index is -0.854. The van der Waals surface area contributed by atoms with Gasteiger partial charge in [-0.15, -0.1) is 0 Å². The first kappa shape index (κ1) is 15.4. The van der Waals surface area contributed by atoms with Gasteiger partial charge in [-0.25, -0.2) is 8.78 Å². The predicted molar refractivity (Wildman–Crippen MR) is 82.3 cm³/mol. The van der Waals surface area contributed by atoms with E-state index in [1.54, 1.807) is 13.0 Å². The lowest BCUT2D eigenvalue weighted by atomic mass is 10.0. The van der Waals surface area contributed by atoms with Crippen LogP contribution >= 0.6 is 15.9 Å². The third-order valence-electron chi connectivity index (χ3n) is 3.10. The number of carbonyl (C=O) groups is 1. The number of carbonyl (C=O) groups excluding carboxylic acids is 1. The Morgan fingerprint density at radius 2 is 1.67 bits per heavy atom. The Morgan fingerprint density at radius 3 is 2.24 bits per heavy atom. The number of anilines is 2. The standard InChI is InChI=1S/C15H13BrF2N2O/c1-7-3-8(2)13(19)6-10(7)15(21)20-14-11(17)4-9(16)5-12(14)18/h3-6H,19H2,1-2H3,(H,20,21). The number of hydrogen-bond acceptors (Lipinski definition) is 2. The molecule has 0 bridgehead atoms. The molecule has 0 heterocycles. The van der Waals surface area contributed by atoms with Crippen molar-refractivity contribution in [1.29, 1.82) is 0 Å². The second-order valence-electron chi connectivity index (χ2n) is 4.72. The van der Waals surface area contributed by atoms with Crippen molar-refractivity contribution in [2.24, 2.45) is 0 Å². The summed E-state index contributed by atoms with van der Waals surface area (Å²) in [5, 5.41) is 2.24. The van der Waals surface area contributed by atoms with Crippen molar-refractivity contribution in [1.82, 2.24) is 0 Å². The molecule has 0 unspecified atom stereocenters. The van der Waals surface area contributed by atoms with Gasteiger partial charge in [-0.1, -0.05) is 22.0 Å². The van der Waals surface area contributed by atoms with E-state index in [0.29, 0.717) is 11.3 Å². The molecule has 2 aromatic carbocycles. The van der Waals surface area contributed by atoms with Gasteiger partial charge in [0, 0.05) is 15.7 Å². The first-order chi connectivity index (χ1) is 9.79. The fourth-order valence-corrected chi connectivity index (χ4v) is 2.36. The Morgan fingerprint density at radius 1 is 1.10 bits per heavy atom. The summed E-state index contributed by atoms with van der Waals surface area (Å²) in [6.07, 6.45) is 0. The smallest absolute Gasteiger partial charge is 0.256 e. The van der Waals surface area contributed by atoms with Crippen LogP contribution in [0.1, 0.15) is 21.5 Å². The average molecular weight is 355 g/mol. The summed E-state index contributed by atoms with van der Waals surface area (Å²) < 4.78 is 27.7. The third kappa shape index (κ3) is 3.21. The van der Waals surface area contributed by atoms with Crippen molar-refractivity contribution >= 4 is 33.2 Å². The van der Waals surface area contributed by atoms with E-state index in [-0.39, 0.29) is 10.0 Å². The maximum Gasteiger partial charge on any atom is 0.256 e. The van der Waals surface area contributed by atoms with E-state index in [9.17, 15) is 13.6 Å². The molecule has 110 valence electrons. The molecule has 0 fully saturated rings. The summed E-state index contributed by atoms with van der Waals surface area (Å²) in [5.41, 5.74) is 7.52. The first-order valence-electron chi connectivity index (χ1n) is 6.12. The van der Waals surface area contributed by atoms with E-state index in [4.69, 9.17) is 5.73 Å². The van der Waals surface area contributed by atoms with Gasteiger partial charge in [0.15, 0.2) is 11.6 Å². The molecular formula is C15H13BrF2N2O. The number of amides is 1. The summed E-state index contributed by atoms with van der Waals surface area (Å²) >= 11 is 2.98. The van der Waals surface area contributed by atoms with E-state index in [1.807, 2.05) is 6.92 Å². The van der Waals surface area contributed by atoms with E-state index in [0.717, 1.165) is 17.7 Å². The molecule has 3 nitrogen and oxygen atoms in total. The van der Waals surface area contributed by atoms with Crippen LogP contribution < -0.4 is 11.1 Å². The Kier molecular flexibility index (Phi) is 4.27. The first-order valence-corrected chi connectivity index (χ1v) is 6.91. The zero-order chi connectivity index (χ0) is 15.7. The minimum absolute atomic E-state index is 0.256. The van der Waals surface area contributed by atoms with Crippen LogP contribution in [-0.4, -0.2) is 5.91 Å². The van der Waals surface area contributed by atoms with Crippen LogP contribution in [0.15, 0.2) is 28.7 Å². The van der Waals surface area contributed by atoms with Crippen LogP contribution in [0.2, 0.25) is 0 Å². The SMILES string of the molecule is Cc1cc(C)c(C(=O)Nc2c(F)cc(Br)cc2F)cc1N. The molecule has 0 spiro atoms. The number of nitrogens with one attached hydrogen (secondary N) is 1. The Hall–Kier alpha value is -1.95. The van der Waals surface area contributed by atoms with E-state index in [1.165, 1.54) is 6.07 Å². The molecule has 0 radical (unpaired) electrons. The maximum atomic E-state index is 13.7. The Labute approximate surface area is 129 Å². The van der Waals surface area contributed by atoms with Crippen LogP contribution in [0.5, 0.6) is 0 Å². The monoisotopic (exact) mass is 354 g/mol. The fraction of sp³-hybridized carbons (Fsp3) is 0.133. The highest BCUT2D eigenvalue weighted by Crippen LogP contribution is 2.25. The fourth-order valence-electron chi connectivity index (χ4n) is 1.96. The summed E-state index contributed by atoms with van der Waals surface area (Å²) in [4.78, 5) is 12.2. The molecule has 0 atom stereocenters. The molecule has 0 aromatic heterocycles. The molecule has 1 amide bonds. The van der Waals surface area contributed by atoms with E-state index < -0.39 is 23.2 Å². The lowest BCUT2D eigenvalue weighted by molar-refractivity contribution is 0.102. The molecule has 2 aromatic rings. The number of rotatable bonds is 2. The van der Waals surface area contributed by atoms with Crippen LogP contribution in [0, 0.1) is 25.5 Å². The van der Waals surface area contributed by atoms with Gasteiger partial charge < -0.3 is 11.1 Å². The molecule has 3 N–H and O–H groups in total. The Balaban J connectivity index is 2.37. The van der Waals surface area contributed by atoms with Crippen LogP contribution in [0.4, 0.5) is 20.2 Å². The van der Waals surface area contributed by atoms with Gasteiger partial charge in [-0.3, -0.25) is 4.79 Å². The summed E-state index contributed by atoms with van der Waals surface area (Å²) in [5.74, 6) is -2.32. The molecule has 6 heteroatoms. The second-order valence-corrected chi connectivity index (χ2v) is 5.64. The van der Waals surface area contributed by atoms with Crippen molar-refractivity contribution < 1.29 is 13.6 Å². The average Bonchev–Trinajstić information content (AvgIpc) is 2.37. The molecular weight excluding hydrogens is 342 g/mol. The third-order valence-corrected chi connectivity index (χ3v) is 3.56. The van der Waals surface area contributed by atoms with E-state index >= 15 is 0 Å². The van der Waals surface area contributed by atoms with Gasteiger partial charge in [0.2, 0.25) is 0 Å². The summed E-state index contributed by atoms with van der Waals surface area (Å²) in [7, 11) is 0. The number of benzene rings is 2. The van der Waals surface area contributed by atoms with Gasteiger partial charge in [0.1, 0.15) is 5.69 Å².